The van der Waals surface area contributed by atoms with Crippen molar-refractivity contribution in [2.24, 2.45) is 0 Å². The molecule has 1 saturated heterocycles. The molecule has 7 heteroatoms. The lowest BCUT2D eigenvalue weighted by molar-refractivity contribution is -0.146. The van der Waals surface area contributed by atoms with E-state index in [2.05, 4.69) is 4.74 Å². The molecule has 1 fully saturated rings. The number of ether oxygens (including phenoxy) is 1. The van der Waals surface area contributed by atoms with E-state index in [0.717, 1.165) is 0 Å². The summed E-state index contributed by atoms with van der Waals surface area (Å²) in [5, 5.41) is 18.0. The number of carbonyl (C=O) groups excluding carboxylic acids is 2. The predicted molar refractivity (Wildman–Crippen MR) is 78.8 cm³/mol. The van der Waals surface area contributed by atoms with E-state index in [1.165, 1.54) is 48.1 Å². The van der Waals surface area contributed by atoms with Gasteiger partial charge >= 0.3 is 5.97 Å². The monoisotopic (exact) mass is 309 g/mol. The number of hydrogen-bond donors (Lipinski definition) is 2. The van der Waals surface area contributed by atoms with Crippen LogP contribution in [0.1, 0.15) is 5.56 Å². The highest BCUT2D eigenvalue weighted by molar-refractivity contribution is 8.00. The first kappa shape index (κ1) is 15.2. The minimum absolute atomic E-state index is 0.222. The first-order valence-corrected chi connectivity index (χ1v) is 7.28. The highest BCUT2D eigenvalue weighted by atomic mass is 32.2. The molecular formula is C14H15NO5S. The van der Waals surface area contributed by atoms with Crippen LogP contribution in [-0.4, -0.2) is 51.8 Å². The van der Waals surface area contributed by atoms with E-state index >= 15 is 0 Å². The first-order chi connectivity index (χ1) is 10.0. The quantitative estimate of drug-likeness (QED) is 0.495. The van der Waals surface area contributed by atoms with E-state index in [1.807, 2.05) is 0 Å². The van der Waals surface area contributed by atoms with Crippen LogP contribution >= 0.6 is 11.8 Å². The summed E-state index contributed by atoms with van der Waals surface area (Å²) in [6.07, 6.45) is 2.84. The van der Waals surface area contributed by atoms with Crippen molar-refractivity contribution in [3.05, 3.63) is 29.8 Å². The summed E-state index contributed by atoms with van der Waals surface area (Å²) >= 11 is 1.36. The van der Waals surface area contributed by atoms with Crippen LogP contribution in [0.3, 0.4) is 0 Å². The van der Waals surface area contributed by atoms with Crippen molar-refractivity contribution in [3.8, 4) is 11.5 Å². The van der Waals surface area contributed by atoms with E-state index in [1.54, 1.807) is 6.07 Å². The molecule has 1 aromatic carbocycles. The van der Waals surface area contributed by atoms with Gasteiger partial charge in [0.25, 0.3) is 0 Å². The summed E-state index contributed by atoms with van der Waals surface area (Å²) in [7, 11) is 1.29. The minimum Gasteiger partial charge on any atom is -0.504 e. The van der Waals surface area contributed by atoms with Gasteiger partial charge in [0.05, 0.1) is 7.11 Å². The summed E-state index contributed by atoms with van der Waals surface area (Å²) in [6.45, 7) is 0.481. The van der Waals surface area contributed by atoms with E-state index in [9.17, 15) is 19.8 Å². The summed E-state index contributed by atoms with van der Waals surface area (Å²) < 4.78 is 4.67. The van der Waals surface area contributed by atoms with Gasteiger partial charge in [0.1, 0.15) is 0 Å². The maximum atomic E-state index is 12.1. The summed E-state index contributed by atoms with van der Waals surface area (Å²) in [6, 6.07) is 4.24. The van der Waals surface area contributed by atoms with Crippen molar-refractivity contribution in [1.82, 2.24) is 4.90 Å². The molecule has 0 saturated carbocycles. The van der Waals surface area contributed by atoms with Gasteiger partial charge < -0.3 is 19.8 Å². The maximum absolute atomic E-state index is 12.1. The molecule has 1 amide bonds. The number of hydrogen-bond acceptors (Lipinski definition) is 6. The Labute approximate surface area is 126 Å². The third kappa shape index (κ3) is 3.49. The van der Waals surface area contributed by atoms with Crippen molar-refractivity contribution in [2.75, 3.05) is 19.4 Å². The Balaban J connectivity index is 2.08. The fourth-order valence-corrected chi connectivity index (χ4v) is 3.05. The van der Waals surface area contributed by atoms with Gasteiger partial charge in [-0.15, -0.1) is 11.8 Å². The van der Waals surface area contributed by atoms with Gasteiger partial charge in [-0.1, -0.05) is 6.07 Å². The smallest absolute Gasteiger partial charge is 0.339 e. The number of methoxy groups -OCH3 is 1. The highest BCUT2D eigenvalue weighted by Crippen LogP contribution is 2.27. The second-order valence-electron chi connectivity index (χ2n) is 4.36. The molecule has 112 valence electrons. The van der Waals surface area contributed by atoms with Gasteiger partial charge in [-0.05, 0) is 23.8 Å². The molecule has 6 nitrogen and oxygen atoms in total. The Morgan fingerprint density at radius 2 is 2.14 bits per heavy atom. The van der Waals surface area contributed by atoms with Gasteiger partial charge in [0, 0.05) is 18.4 Å². The van der Waals surface area contributed by atoms with Gasteiger partial charge in [-0.3, -0.25) is 4.79 Å². The molecule has 1 aromatic rings. The number of thioether (sulfide) groups is 1. The maximum Gasteiger partial charge on any atom is 0.339 e. The highest BCUT2D eigenvalue weighted by Gasteiger charge is 2.34. The van der Waals surface area contributed by atoms with Gasteiger partial charge in [-0.25, -0.2) is 4.79 Å². The zero-order valence-electron chi connectivity index (χ0n) is 11.4. The van der Waals surface area contributed by atoms with Crippen molar-refractivity contribution < 1.29 is 24.5 Å². The molecule has 0 spiro atoms. The third-order valence-electron chi connectivity index (χ3n) is 2.99. The number of nitrogens with zero attached hydrogens (tertiary/aromatic N) is 1. The average Bonchev–Trinajstić information content (AvgIpc) is 2.97. The fraction of sp³-hybridized carbons (Fsp3) is 0.286. The summed E-state index contributed by atoms with van der Waals surface area (Å²) in [5.74, 6) is -0.544. The number of carbonyl (C=O) groups is 2. The third-order valence-corrected chi connectivity index (χ3v) is 4.18. The largest absolute Gasteiger partial charge is 0.504 e. The number of phenolic OH excluding ortho intramolecular Hbond substituents is 2. The van der Waals surface area contributed by atoms with E-state index in [0.29, 0.717) is 17.9 Å². The number of rotatable bonds is 3. The lowest BCUT2D eigenvalue weighted by Crippen LogP contribution is -2.39. The molecule has 2 rings (SSSR count). The van der Waals surface area contributed by atoms with Crippen LogP contribution in [0, 0.1) is 0 Å². The first-order valence-electron chi connectivity index (χ1n) is 6.23. The van der Waals surface area contributed by atoms with Crippen LogP contribution in [-0.2, 0) is 14.3 Å². The predicted octanol–water partition coefficient (Wildman–Crippen LogP) is 1.19. The lowest BCUT2D eigenvalue weighted by Gasteiger charge is -2.19. The number of aromatic hydroxyl groups is 2. The Hall–Kier alpha value is -2.15. The molecule has 0 aliphatic carbocycles. The van der Waals surface area contributed by atoms with Crippen LogP contribution in [0.4, 0.5) is 0 Å². The second kappa shape index (κ2) is 6.53. The lowest BCUT2D eigenvalue weighted by atomic mass is 10.2. The number of esters is 1. The molecule has 1 atom stereocenters. The Morgan fingerprint density at radius 3 is 2.81 bits per heavy atom. The van der Waals surface area contributed by atoms with Crippen LogP contribution in [0.2, 0.25) is 0 Å². The van der Waals surface area contributed by atoms with Crippen LogP contribution < -0.4 is 0 Å². The second-order valence-corrected chi connectivity index (χ2v) is 5.55. The number of amides is 1. The zero-order chi connectivity index (χ0) is 15.4. The molecule has 1 unspecified atom stereocenters. The molecule has 2 N–H and O–H groups in total. The molecule has 0 radical (unpaired) electrons. The van der Waals surface area contributed by atoms with Crippen LogP contribution in [0.5, 0.6) is 11.5 Å². The summed E-state index contributed by atoms with van der Waals surface area (Å²) in [4.78, 5) is 25.1. The van der Waals surface area contributed by atoms with E-state index in [-0.39, 0.29) is 17.4 Å². The molecule has 1 aliphatic rings. The Bertz CT molecular complexity index is 587. The van der Waals surface area contributed by atoms with Gasteiger partial charge in [-0.2, -0.15) is 0 Å². The summed E-state index contributed by atoms with van der Waals surface area (Å²) in [5.41, 5.74) is 0.570. The van der Waals surface area contributed by atoms with Crippen LogP contribution in [0.25, 0.3) is 6.08 Å². The Morgan fingerprint density at radius 1 is 1.38 bits per heavy atom. The fourth-order valence-electron chi connectivity index (χ4n) is 1.90. The van der Waals surface area contributed by atoms with Crippen LogP contribution in [0.15, 0.2) is 24.3 Å². The van der Waals surface area contributed by atoms with E-state index < -0.39 is 11.3 Å². The number of phenols is 2. The molecule has 21 heavy (non-hydrogen) atoms. The van der Waals surface area contributed by atoms with Crippen molar-refractivity contribution in [2.45, 2.75) is 5.37 Å². The molecule has 0 aromatic heterocycles. The number of benzene rings is 1. The zero-order valence-corrected chi connectivity index (χ0v) is 12.2. The molecule has 1 aliphatic heterocycles. The normalized spacial score (nSPS) is 18.1. The average molecular weight is 309 g/mol. The molecule has 1 heterocycles. The SMILES string of the molecule is COC(=O)C1SCCN1C(=O)/C=C/c1ccc(O)c(O)c1. The van der Waals surface area contributed by atoms with Gasteiger partial charge in [0.15, 0.2) is 16.9 Å². The van der Waals surface area contributed by atoms with Gasteiger partial charge in [0.2, 0.25) is 5.91 Å². The standard InChI is InChI=1S/C14H15NO5S/c1-20-14(19)13-15(6-7-21-13)12(18)5-3-9-2-4-10(16)11(17)8-9/h2-5,8,13,16-17H,6-7H2,1H3/b5-3+. The van der Waals surface area contributed by atoms with Crippen molar-refractivity contribution >= 4 is 29.7 Å². The van der Waals surface area contributed by atoms with Crippen molar-refractivity contribution in [3.63, 3.8) is 0 Å². The minimum atomic E-state index is -0.611. The Kier molecular flexibility index (Phi) is 4.74. The topological polar surface area (TPSA) is 87.1 Å². The molecule has 0 bridgehead atoms. The van der Waals surface area contributed by atoms with E-state index in [4.69, 9.17) is 0 Å². The van der Waals surface area contributed by atoms with Crippen molar-refractivity contribution in [1.29, 1.82) is 0 Å². The molecular weight excluding hydrogens is 294 g/mol.